The van der Waals surface area contributed by atoms with E-state index in [1.165, 1.54) is 23.3 Å². The van der Waals surface area contributed by atoms with Gasteiger partial charge in [0.1, 0.15) is 0 Å². The van der Waals surface area contributed by atoms with Crippen LogP contribution in [0.15, 0.2) is 29.2 Å². The van der Waals surface area contributed by atoms with Crippen molar-refractivity contribution in [3.05, 3.63) is 29.8 Å². The maximum absolute atomic E-state index is 6.04. The van der Waals surface area contributed by atoms with Gasteiger partial charge in [-0.2, -0.15) is 0 Å². The average Bonchev–Trinajstić information content (AvgIpc) is 2.74. The molecule has 2 rings (SSSR count). The van der Waals surface area contributed by atoms with Gasteiger partial charge in [0.15, 0.2) is 0 Å². The fourth-order valence-electron chi connectivity index (χ4n) is 2.45. The van der Waals surface area contributed by atoms with Gasteiger partial charge in [-0.1, -0.05) is 12.1 Å². The van der Waals surface area contributed by atoms with E-state index in [4.69, 9.17) is 4.74 Å². The molecule has 0 saturated carbocycles. The quantitative estimate of drug-likeness (QED) is 0.802. The zero-order chi connectivity index (χ0) is 15.5. The summed E-state index contributed by atoms with van der Waals surface area (Å²) in [7, 11) is 0. The number of nitrogens with one attached hydrogen (secondary N) is 1. The molecule has 1 atom stereocenters. The van der Waals surface area contributed by atoms with Crippen molar-refractivity contribution in [3.8, 4) is 0 Å². The van der Waals surface area contributed by atoms with Crippen molar-refractivity contribution in [1.82, 2.24) is 5.32 Å². The molecule has 1 unspecified atom stereocenters. The van der Waals surface area contributed by atoms with Crippen molar-refractivity contribution in [2.45, 2.75) is 76.1 Å². The summed E-state index contributed by atoms with van der Waals surface area (Å²) in [5.74, 6) is 1.06. The van der Waals surface area contributed by atoms with Crippen LogP contribution in [0.1, 0.15) is 53.0 Å². The molecule has 0 bridgehead atoms. The molecule has 1 heterocycles. The summed E-state index contributed by atoms with van der Waals surface area (Å²) in [5, 5.41) is 3.52. The van der Waals surface area contributed by atoms with E-state index < -0.39 is 0 Å². The smallest absolute Gasteiger partial charge is 0.0677 e. The molecule has 0 radical (unpaired) electrons. The van der Waals surface area contributed by atoms with Crippen molar-refractivity contribution in [1.29, 1.82) is 0 Å². The Morgan fingerprint density at radius 3 is 2.43 bits per heavy atom. The number of thioether (sulfide) groups is 1. The largest absolute Gasteiger partial charge is 0.371 e. The number of hydrogen-bond donors (Lipinski definition) is 1. The topological polar surface area (TPSA) is 21.3 Å². The van der Waals surface area contributed by atoms with Gasteiger partial charge in [0.2, 0.25) is 0 Å². The van der Waals surface area contributed by atoms with Crippen LogP contribution in [0.3, 0.4) is 0 Å². The molecular weight excluding hydrogens is 278 g/mol. The maximum atomic E-state index is 6.04. The minimum atomic E-state index is 0.0771. The molecule has 1 aromatic carbocycles. The Labute approximate surface area is 134 Å². The second-order valence-electron chi connectivity index (χ2n) is 7.60. The van der Waals surface area contributed by atoms with Crippen molar-refractivity contribution < 1.29 is 4.74 Å². The molecule has 1 fully saturated rings. The van der Waals surface area contributed by atoms with Crippen LogP contribution >= 0.6 is 11.8 Å². The number of ether oxygens (including phenoxy) is 1. The predicted octanol–water partition coefficient (Wildman–Crippen LogP) is 4.62. The summed E-state index contributed by atoms with van der Waals surface area (Å²) >= 11 is 1.91. The third kappa shape index (κ3) is 6.01. The van der Waals surface area contributed by atoms with Gasteiger partial charge in [-0.25, -0.2) is 0 Å². The van der Waals surface area contributed by atoms with E-state index in [1.807, 2.05) is 11.8 Å². The van der Waals surface area contributed by atoms with Gasteiger partial charge in [0.25, 0.3) is 0 Å². The van der Waals surface area contributed by atoms with Crippen LogP contribution in [-0.2, 0) is 11.3 Å². The molecule has 118 valence electrons. The molecule has 3 heteroatoms. The Hall–Kier alpha value is -0.510. The molecule has 21 heavy (non-hydrogen) atoms. The summed E-state index contributed by atoms with van der Waals surface area (Å²) in [5.41, 5.74) is 1.58. The SMILES string of the molecule is CC(C)(C)NCc1ccc(SCC2CCC(C)(C)O2)cc1. The second-order valence-corrected chi connectivity index (χ2v) is 8.69. The van der Waals surface area contributed by atoms with Gasteiger partial charge < -0.3 is 10.1 Å². The minimum Gasteiger partial charge on any atom is -0.371 e. The highest BCUT2D eigenvalue weighted by molar-refractivity contribution is 7.99. The van der Waals surface area contributed by atoms with Gasteiger partial charge in [0, 0.05) is 22.7 Å². The highest BCUT2D eigenvalue weighted by atomic mass is 32.2. The Bertz CT molecular complexity index is 447. The lowest BCUT2D eigenvalue weighted by atomic mass is 10.1. The lowest BCUT2D eigenvalue weighted by Crippen LogP contribution is -2.35. The van der Waals surface area contributed by atoms with Crippen molar-refractivity contribution in [2.75, 3.05) is 5.75 Å². The molecule has 0 spiro atoms. The monoisotopic (exact) mass is 307 g/mol. The zero-order valence-corrected chi connectivity index (χ0v) is 14.8. The highest BCUT2D eigenvalue weighted by Crippen LogP contribution is 2.32. The van der Waals surface area contributed by atoms with Crippen molar-refractivity contribution in [2.24, 2.45) is 0 Å². The molecule has 0 aliphatic carbocycles. The van der Waals surface area contributed by atoms with E-state index in [2.05, 4.69) is 64.2 Å². The predicted molar refractivity (Wildman–Crippen MR) is 91.9 cm³/mol. The Morgan fingerprint density at radius 2 is 1.90 bits per heavy atom. The van der Waals surface area contributed by atoms with Gasteiger partial charge in [-0.3, -0.25) is 0 Å². The molecule has 1 aliphatic heterocycles. The first-order valence-corrected chi connectivity index (χ1v) is 8.87. The van der Waals surface area contributed by atoms with Gasteiger partial charge >= 0.3 is 0 Å². The van der Waals surface area contributed by atoms with E-state index in [0.29, 0.717) is 6.10 Å². The fraction of sp³-hybridized carbons (Fsp3) is 0.667. The maximum Gasteiger partial charge on any atom is 0.0677 e. The fourth-order valence-corrected chi connectivity index (χ4v) is 3.40. The van der Waals surface area contributed by atoms with Crippen LogP contribution in [0.5, 0.6) is 0 Å². The first-order valence-electron chi connectivity index (χ1n) is 7.88. The van der Waals surface area contributed by atoms with E-state index in [1.54, 1.807) is 0 Å². The summed E-state index contributed by atoms with van der Waals surface area (Å²) in [6, 6.07) is 8.90. The molecule has 1 N–H and O–H groups in total. The van der Waals surface area contributed by atoms with Gasteiger partial charge in [0.05, 0.1) is 11.7 Å². The lowest BCUT2D eigenvalue weighted by molar-refractivity contribution is -0.00466. The van der Waals surface area contributed by atoms with Crippen LogP contribution in [0.4, 0.5) is 0 Å². The summed E-state index contributed by atoms with van der Waals surface area (Å²) in [6.07, 6.45) is 2.77. The molecule has 1 aliphatic rings. The van der Waals surface area contributed by atoms with Crippen LogP contribution in [-0.4, -0.2) is 23.0 Å². The Morgan fingerprint density at radius 1 is 1.24 bits per heavy atom. The molecular formula is C18H29NOS. The lowest BCUT2D eigenvalue weighted by Gasteiger charge is -2.20. The summed E-state index contributed by atoms with van der Waals surface area (Å²) in [4.78, 5) is 1.34. The molecule has 2 nitrogen and oxygen atoms in total. The van der Waals surface area contributed by atoms with Crippen LogP contribution < -0.4 is 5.32 Å². The molecule has 1 saturated heterocycles. The summed E-state index contributed by atoms with van der Waals surface area (Å²) < 4.78 is 6.04. The Kier molecular flexibility index (Phi) is 5.39. The molecule has 1 aromatic rings. The second kappa shape index (κ2) is 6.72. The van der Waals surface area contributed by atoms with Crippen LogP contribution in [0, 0.1) is 0 Å². The van der Waals surface area contributed by atoms with E-state index >= 15 is 0 Å². The van der Waals surface area contributed by atoms with E-state index in [9.17, 15) is 0 Å². The standard InChI is InChI=1S/C18H29NOS/c1-17(2,3)19-12-14-6-8-16(9-7-14)21-13-15-10-11-18(4,5)20-15/h6-9,15,19H,10-13H2,1-5H3. The van der Waals surface area contributed by atoms with Crippen molar-refractivity contribution in [3.63, 3.8) is 0 Å². The van der Waals surface area contributed by atoms with Gasteiger partial charge in [-0.05, 0) is 65.2 Å². The van der Waals surface area contributed by atoms with E-state index in [0.717, 1.165) is 12.3 Å². The number of benzene rings is 1. The number of hydrogen-bond acceptors (Lipinski definition) is 3. The third-order valence-electron chi connectivity index (χ3n) is 3.74. The first-order chi connectivity index (χ1) is 9.73. The first kappa shape index (κ1) is 16.9. The van der Waals surface area contributed by atoms with Crippen LogP contribution in [0.2, 0.25) is 0 Å². The number of rotatable bonds is 5. The van der Waals surface area contributed by atoms with Gasteiger partial charge in [-0.15, -0.1) is 11.8 Å². The minimum absolute atomic E-state index is 0.0771. The third-order valence-corrected chi connectivity index (χ3v) is 4.88. The molecule has 0 amide bonds. The van der Waals surface area contributed by atoms with Crippen molar-refractivity contribution >= 4 is 11.8 Å². The highest BCUT2D eigenvalue weighted by Gasteiger charge is 2.31. The normalized spacial score (nSPS) is 21.7. The average molecular weight is 308 g/mol. The summed E-state index contributed by atoms with van der Waals surface area (Å²) in [6.45, 7) is 11.9. The Balaban J connectivity index is 1.77. The zero-order valence-electron chi connectivity index (χ0n) is 14.0. The van der Waals surface area contributed by atoms with Crippen LogP contribution in [0.25, 0.3) is 0 Å². The van der Waals surface area contributed by atoms with E-state index in [-0.39, 0.29) is 11.1 Å². The molecule has 0 aromatic heterocycles.